The van der Waals surface area contributed by atoms with Crippen LogP contribution < -0.4 is 4.74 Å². The van der Waals surface area contributed by atoms with Crippen molar-refractivity contribution in [2.24, 2.45) is 0 Å². The van der Waals surface area contributed by atoms with Gasteiger partial charge in [0.1, 0.15) is 0 Å². The van der Waals surface area contributed by atoms with Gasteiger partial charge < -0.3 is 9.30 Å². The molecule has 3 heteroatoms. The van der Waals surface area contributed by atoms with Crippen LogP contribution in [-0.2, 0) is 4.79 Å². The van der Waals surface area contributed by atoms with Gasteiger partial charge in [-0.15, -0.1) is 0 Å². The molecule has 3 nitrogen and oxygen atoms in total. The first kappa shape index (κ1) is 13.2. The Bertz CT molecular complexity index is 887. The Morgan fingerprint density at radius 2 is 1.86 bits per heavy atom. The third-order valence-electron chi connectivity index (χ3n) is 3.43. The van der Waals surface area contributed by atoms with Gasteiger partial charge in [0.25, 0.3) is 0 Å². The molecule has 0 saturated carbocycles. The first-order valence-corrected chi connectivity index (χ1v) is 6.65. The van der Waals surface area contributed by atoms with Crippen LogP contribution in [0.4, 0.5) is 0 Å². The van der Waals surface area contributed by atoms with Crippen LogP contribution in [0.5, 0.6) is 5.75 Å². The van der Waals surface area contributed by atoms with Gasteiger partial charge in [0.2, 0.25) is 0 Å². The van der Waals surface area contributed by atoms with Gasteiger partial charge in [-0.1, -0.05) is 43.5 Å². The Morgan fingerprint density at radius 3 is 2.57 bits per heavy atom. The Kier molecular flexibility index (Phi) is 3.10. The van der Waals surface area contributed by atoms with E-state index in [1.54, 1.807) is 19.2 Å². The number of para-hydroxylation sites is 2. The molecule has 0 aliphatic carbocycles. The van der Waals surface area contributed by atoms with Gasteiger partial charge in [0.05, 0.1) is 11.0 Å². The number of esters is 1. The van der Waals surface area contributed by atoms with Crippen molar-refractivity contribution < 1.29 is 9.53 Å². The predicted molar refractivity (Wildman–Crippen MR) is 86.3 cm³/mol. The number of benzene rings is 2. The van der Waals surface area contributed by atoms with E-state index in [2.05, 4.69) is 13.2 Å². The second-order valence-electron chi connectivity index (χ2n) is 4.89. The lowest BCUT2D eigenvalue weighted by Crippen LogP contribution is -2.08. The molecule has 3 aromatic rings. The molecule has 0 saturated heterocycles. The fourth-order valence-electron chi connectivity index (χ4n) is 2.48. The number of aromatic nitrogens is 1. The highest BCUT2D eigenvalue weighted by Crippen LogP contribution is 2.35. The van der Waals surface area contributed by atoms with E-state index in [0.29, 0.717) is 11.3 Å². The van der Waals surface area contributed by atoms with Crippen LogP contribution in [-0.4, -0.2) is 10.5 Å². The van der Waals surface area contributed by atoms with E-state index in [-0.39, 0.29) is 0 Å². The average molecular weight is 277 g/mol. The lowest BCUT2D eigenvalue weighted by Gasteiger charge is -2.07. The quantitative estimate of drug-likeness (QED) is 0.404. The third-order valence-corrected chi connectivity index (χ3v) is 3.43. The molecular formula is C18H15NO2. The van der Waals surface area contributed by atoms with Crippen molar-refractivity contribution in [3.63, 3.8) is 0 Å². The number of carbonyl (C=O) groups is 1. The average Bonchev–Trinajstić information content (AvgIpc) is 2.82. The van der Waals surface area contributed by atoms with Crippen LogP contribution in [0.25, 0.3) is 28.0 Å². The normalized spacial score (nSPS) is 10.7. The summed E-state index contributed by atoms with van der Waals surface area (Å²) in [6.07, 6.45) is 1.72. The smallest absolute Gasteiger partial charge is 0.338 e. The molecule has 0 aliphatic rings. The van der Waals surface area contributed by atoms with E-state index in [4.69, 9.17) is 4.74 Å². The third kappa shape index (κ3) is 2.03. The van der Waals surface area contributed by atoms with Crippen LogP contribution in [0.2, 0.25) is 0 Å². The lowest BCUT2D eigenvalue weighted by molar-refractivity contribution is -0.130. The fourth-order valence-corrected chi connectivity index (χ4v) is 2.48. The van der Waals surface area contributed by atoms with Crippen molar-refractivity contribution in [1.29, 1.82) is 0 Å². The predicted octanol–water partition coefficient (Wildman–Crippen LogP) is 4.38. The van der Waals surface area contributed by atoms with Crippen molar-refractivity contribution in [1.82, 2.24) is 4.57 Å². The summed E-state index contributed by atoms with van der Waals surface area (Å²) in [6, 6.07) is 13.7. The summed E-state index contributed by atoms with van der Waals surface area (Å²) in [6.45, 7) is 9.11. The molecular weight excluding hydrogens is 262 g/mol. The Balaban J connectivity index is 2.34. The van der Waals surface area contributed by atoms with Crippen molar-refractivity contribution in [2.75, 3.05) is 0 Å². The number of ether oxygens (including phenoxy) is 1. The minimum Gasteiger partial charge on any atom is -0.421 e. The highest BCUT2D eigenvalue weighted by atomic mass is 16.5. The van der Waals surface area contributed by atoms with E-state index in [1.165, 1.54) is 0 Å². The van der Waals surface area contributed by atoms with E-state index in [1.807, 2.05) is 41.0 Å². The molecule has 21 heavy (non-hydrogen) atoms. The number of fused-ring (bicyclic) bond motifs is 3. The molecule has 1 aromatic heterocycles. The van der Waals surface area contributed by atoms with Gasteiger partial charge >= 0.3 is 5.97 Å². The molecule has 104 valence electrons. The molecule has 1 heterocycles. The first-order valence-electron chi connectivity index (χ1n) is 6.65. The first-order chi connectivity index (χ1) is 10.1. The molecule has 0 radical (unpaired) electrons. The number of rotatable bonds is 3. The molecule has 0 bridgehead atoms. The zero-order chi connectivity index (χ0) is 15.0. The Labute approximate surface area is 122 Å². The van der Waals surface area contributed by atoms with Crippen molar-refractivity contribution in [2.45, 2.75) is 6.92 Å². The molecule has 2 aromatic carbocycles. The summed E-state index contributed by atoms with van der Waals surface area (Å²) in [7, 11) is 0. The van der Waals surface area contributed by atoms with Gasteiger partial charge in [0, 0.05) is 22.5 Å². The monoisotopic (exact) mass is 277 g/mol. The highest BCUT2D eigenvalue weighted by Gasteiger charge is 2.15. The van der Waals surface area contributed by atoms with Crippen LogP contribution in [0.1, 0.15) is 6.92 Å². The lowest BCUT2D eigenvalue weighted by atomic mass is 10.1. The van der Waals surface area contributed by atoms with Gasteiger partial charge in [-0.05, 0) is 19.1 Å². The fraction of sp³-hybridized carbons (Fsp3) is 0.0556. The van der Waals surface area contributed by atoms with E-state index in [9.17, 15) is 4.79 Å². The topological polar surface area (TPSA) is 31.2 Å². The standard InChI is InChI=1S/C18H15NO2/c1-4-19-15-10-6-5-8-13(15)14-9-7-11-16(17(14)19)21-18(20)12(2)3/h4-11H,1-2H2,3H3. The largest absolute Gasteiger partial charge is 0.421 e. The molecule has 0 unspecified atom stereocenters. The highest BCUT2D eigenvalue weighted by molar-refractivity contribution is 6.11. The van der Waals surface area contributed by atoms with Crippen molar-refractivity contribution >= 4 is 34.0 Å². The molecule has 0 aliphatic heterocycles. The summed E-state index contributed by atoms with van der Waals surface area (Å²) < 4.78 is 7.39. The van der Waals surface area contributed by atoms with E-state index in [0.717, 1.165) is 21.8 Å². The van der Waals surface area contributed by atoms with E-state index < -0.39 is 5.97 Å². The van der Waals surface area contributed by atoms with Crippen molar-refractivity contribution in [3.05, 3.63) is 61.2 Å². The molecule has 0 atom stereocenters. The van der Waals surface area contributed by atoms with E-state index >= 15 is 0 Å². The molecule has 0 fully saturated rings. The van der Waals surface area contributed by atoms with Crippen LogP contribution in [0.15, 0.2) is 61.2 Å². The summed E-state index contributed by atoms with van der Waals surface area (Å²) in [5, 5.41) is 2.12. The summed E-state index contributed by atoms with van der Waals surface area (Å²) in [5.41, 5.74) is 2.23. The minimum absolute atomic E-state index is 0.369. The minimum atomic E-state index is -0.427. The summed E-state index contributed by atoms with van der Waals surface area (Å²) in [5.74, 6) is 0.0833. The molecule has 0 amide bonds. The second kappa shape index (κ2) is 4.94. The molecule has 0 spiro atoms. The summed E-state index contributed by atoms with van der Waals surface area (Å²) in [4.78, 5) is 11.8. The number of hydrogen-bond donors (Lipinski definition) is 0. The SMILES string of the molecule is C=Cn1c2ccccc2c2cccc(OC(=O)C(=C)C)c21. The number of nitrogens with zero attached hydrogens (tertiary/aromatic N) is 1. The number of carbonyl (C=O) groups excluding carboxylic acids is 1. The van der Waals surface area contributed by atoms with Gasteiger partial charge in [-0.25, -0.2) is 4.79 Å². The van der Waals surface area contributed by atoms with Crippen molar-refractivity contribution in [3.8, 4) is 5.75 Å². The van der Waals surface area contributed by atoms with Crippen LogP contribution in [0.3, 0.4) is 0 Å². The van der Waals surface area contributed by atoms with Crippen LogP contribution in [0, 0.1) is 0 Å². The van der Waals surface area contributed by atoms with Gasteiger partial charge in [0.15, 0.2) is 5.75 Å². The second-order valence-corrected chi connectivity index (χ2v) is 4.89. The maximum Gasteiger partial charge on any atom is 0.338 e. The molecule has 3 rings (SSSR count). The maximum absolute atomic E-state index is 11.8. The Morgan fingerprint density at radius 1 is 1.14 bits per heavy atom. The summed E-state index contributed by atoms with van der Waals surface area (Å²) >= 11 is 0. The maximum atomic E-state index is 11.8. The zero-order valence-electron chi connectivity index (χ0n) is 11.8. The van der Waals surface area contributed by atoms with Gasteiger partial charge in [-0.2, -0.15) is 0 Å². The number of hydrogen-bond acceptors (Lipinski definition) is 2. The zero-order valence-corrected chi connectivity index (χ0v) is 11.8. The molecule has 0 N–H and O–H groups in total. The van der Waals surface area contributed by atoms with Crippen LogP contribution >= 0.6 is 0 Å². The Hall–Kier alpha value is -2.81. The van der Waals surface area contributed by atoms with Gasteiger partial charge in [-0.3, -0.25) is 0 Å².